The summed E-state index contributed by atoms with van der Waals surface area (Å²) < 4.78 is 2.20. The average Bonchev–Trinajstić information content (AvgIpc) is 2.99. The van der Waals surface area contributed by atoms with Gasteiger partial charge < -0.3 is 9.67 Å². The number of rotatable bonds is 4. The summed E-state index contributed by atoms with van der Waals surface area (Å²) >= 11 is 0. The molecule has 4 heteroatoms. The molecule has 0 atom stereocenters. The predicted molar refractivity (Wildman–Crippen MR) is 71.9 cm³/mol. The molecule has 0 aliphatic carbocycles. The smallest absolute Gasteiger partial charge is 0.303 e. The van der Waals surface area contributed by atoms with Gasteiger partial charge in [-0.2, -0.15) is 0 Å². The number of aliphatic carboxylic acids is 1. The van der Waals surface area contributed by atoms with E-state index in [1.54, 1.807) is 0 Å². The molecule has 2 aromatic rings. The quantitative estimate of drug-likeness (QED) is 0.914. The minimum atomic E-state index is -0.767. The highest BCUT2D eigenvalue weighted by atomic mass is 16.4. The van der Waals surface area contributed by atoms with Gasteiger partial charge >= 0.3 is 5.97 Å². The molecule has 1 aromatic heterocycles. The van der Waals surface area contributed by atoms with Gasteiger partial charge in [-0.25, -0.2) is 4.98 Å². The lowest BCUT2D eigenvalue weighted by molar-refractivity contribution is -0.137. The van der Waals surface area contributed by atoms with Crippen LogP contribution in [0.1, 0.15) is 24.4 Å². The Kier molecular flexibility index (Phi) is 3.07. The maximum Gasteiger partial charge on any atom is 0.303 e. The number of fused-ring (bicyclic) bond motifs is 1. The summed E-state index contributed by atoms with van der Waals surface area (Å²) in [5.41, 5.74) is 3.40. The van der Waals surface area contributed by atoms with E-state index in [9.17, 15) is 4.79 Å². The van der Waals surface area contributed by atoms with Crippen LogP contribution in [0.3, 0.4) is 0 Å². The van der Waals surface area contributed by atoms with E-state index in [0.29, 0.717) is 6.42 Å². The van der Waals surface area contributed by atoms with Gasteiger partial charge in [-0.1, -0.05) is 30.3 Å². The summed E-state index contributed by atoms with van der Waals surface area (Å²) in [6, 6.07) is 10.1. The first-order valence-corrected chi connectivity index (χ1v) is 6.61. The Morgan fingerprint density at radius 1 is 1.32 bits per heavy atom. The first kappa shape index (κ1) is 12.0. The van der Waals surface area contributed by atoms with Crippen molar-refractivity contribution in [1.29, 1.82) is 0 Å². The van der Waals surface area contributed by atoms with Crippen LogP contribution >= 0.6 is 0 Å². The Balaban J connectivity index is 1.98. The monoisotopic (exact) mass is 256 g/mol. The summed E-state index contributed by atoms with van der Waals surface area (Å²) in [5, 5.41) is 8.81. The zero-order chi connectivity index (χ0) is 13.2. The van der Waals surface area contributed by atoms with Crippen molar-refractivity contribution in [3.63, 3.8) is 0 Å². The topological polar surface area (TPSA) is 55.1 Å². The van der Waals surface area contributed by atoms with Gasteiger partial charge in [0, 0.05) is 24.2 Å². The third-order valence-electron chi connectivity index (χ3n) is 3.56. The molecule has 1 N–H and O–H groups in total. The van der Waals surface area contributed by atoms with Gasteiger partial charge in [-0.05, 0) is 12.8 Å². The molecule has 0 spiro atoms. The Labute approximate surface area is 111 Å². The number of carbonyl (C=O) groups is 1. The zero-order valence-corrected chi connectivity index (χ0v) is 10.7. The molecule has 0 unspecified atom stereocenters. The standard InChI is InChI=1S/C15H16N2O2/c18-14(19)9-8-13-16-15(11-5-2-1-3-6-11)12-7-4-10-17(12)13/h1-3,5-6H,4,7-10H2,(H,18,19). The van der Waals surface area contributed by atoms with Gasteiger partial charge in [0.25, 0.3) is 0 Å². The van der Waals surface area contributed by atoms with Crippen molar-refractivity contribution in [2.75, 3.05) is 0 Å². The Hall–Kier alpha value is -2.10. The van der Waals surface area contributed by atoms with Gasteiger partial charge in [0.2, 0.25) is 0 Å². The molecule has 2 heterocycles. The highest BCUT2D eigenvalue weighted by Crippen LogP contribution is 2.29. The SMILES string of the molecule is O=C(O)CCc1nc(-c2ccccc2)c2n1CCC2. The van der Waals surface area contributed by atoms with Crippen LogP contribution in [0.15, 0.2) is 30.3 Å². The van der Waals surface area contributed by atoms with Gasteiger partial charge in [0.05, 0.1) is 12.1 Å². The molecule has 0 amide bonds. The van der Waals surface area contributed by atoms with Crippen LogP contribution in [0, 0.1) is 0 Å². The van der Waals surface area contributed by atoms with Crippen LogP contribution in [0.4, 0.5) is 0 Å². The van der Waals surface area contributed by atoms with Crippen molar-refractivity contribution < 1.29 is 9.90 Å². The van der Waals surface area contributed by atoms with Crippen molar-refractivity contribution in [3.8, 4) is 11.3 Å². The number of carboxylic acid groups (broad SMARTS) is 1. The first-order valence-electron chi connectivity index (χ1n) is 6.61. The fraction of sp³-hybridized carbons (Fsp3) is 0.333. The van der Waals surface area contributed by atoms with Crippen LogP contribution in [-0.4, -0.2) is 20.6 Å². The van der Waals surface area contributed by atoms with Gasteiger partial charge in [-0.3, -0.25) is 4.79 Å². The number of aromatic nitrogens is 2. The summed E-state index contributed by atoms with van der Waals surface area (Å²) in [4.78, 5) is 15.4. The van der Waals surface area contributed by atoms with E-state index in [0.717, 1.165) is 36.5 Å². The van der Waals surface area contributed by atoms with Gasteiger partial charge in [0.1, 0.15) is 5.82 Å². The second-order valence-electron chi connectivity index (χ2n) is 4.84. The number of imidazole rings is 1. The molecule has 4 nitrogen and oxygen atoms in total. The number of benzene rings is 1. The van der Waals surface area contributed by atoms with Crippen LogP contribution in [0.25, 0.3) is 11.3 Å². The highest BCUT2D eigenvalue weighted by Gasteiger charge is 2.22. The largest absolute Gasteiger partial charge is 0.481 e. The van der Waals surface area contributed by atoms with E-state index in [-0.39, 0.29) is 6.42 Å². The molecule has 0 radical (unpaired) electrons. The minimum Gasteiger partial charge on any atom is -0.481 e. The van der Waals surface area contributed by atoms with Crippen LogP contribution < -0.4 is 0 Å². The minimum absolute atomic E-state index is 0.144. The van der Waals surface area contributed by atoms with E-state index >= 15 is 0 Å². The Bertz CT molecular complexity index is 602. The molecule has 1 aliphatic heterocycles. The second kappa shape index (κ2) is 4.88. The molecule has 1 aromatic carbocycles. The third-order valence-corrected chi connectivity index (χ3v) is 3.56. The number of carboxylic acids is 1. The van der Waals surface area contributed by atoms with Crippen molar-refractivity contribution in [1.82, 2.24) is 9.55 Å². The van der Waals surface area contributed by atoms with Gasteiger partial charge in [0.15, 0.2) is 0 Å². The number of aryl methyl sites for hydroxylation is 1. The van der Waals surface area contributed by atoms with E-state index in [1.165, 1.54) is 5.69 Å². The molecule has 0 fully saturated rings. The maximum absolute atomic E-state index is 10.7. The van der Waals surface area contributed by atoms with Crippen LogP contribution in [-0.2, 0) is 24.2 Å². The summed E-state index contributed by atoms with van der Waals surface area (Å²) in [7, 11) is 0. The van der Waals surface area contributed by atoms with Crippen molar-refractivity contribution >= 4 is 5.97 Å². The van der Waals surface area contributed by atoms with Gasteiger partial charge in [-0.15, -0.1) is 0 Å². The molecule has 0 saturated heterocycles. The van der Waals surface area contributed by atoms with Crippen molar-refractivity contribution in [2.24, 2.45) is 0 Å². The average molecular weight is 256 g/mol. The van der Waals surface area contributed by atoms with Crippen LogP contribution in [0.2, 0.25) is 0 Å². The highest BCUT2D eigenvalue weighted by molar-refractivity contribution is 5.67. The lowest BCUT2D eigenvalue weighted by atomic mass is 10.1. The van der Waals surface area contributed by atoms with Crippen LogP contribution in [0.5, 0.6) is 0 Å². The molecule has 3 rings (SSSR count). The van der Waals surface area contributed by atoms with Crippen molar-refractivity contribution in [3.05, 3.63) is 41.9 Å². The summed E-state index contributed by atoms with van der Waals surface area (Å²) in [6.45, 7) is 0.962. The molecule has 0 bridgehead atoms. The third kappa shape index (κ3) is 2.26. The lowest BCUT2D eigenvalue weighted by Crippen LogP contribution is -2.04. The Morgan fingerprint density at radius 2 is 2.11 bits per heavy atom. The van der Waals surface area contributed by atoms with E-state index in [4.69, 9.17) is 5.11 Å². The molecule has 0 saturated carbocycles. The number of hydrogen-bond acceptors (Lipinski definition) is 2. The summed E-state index contributed by atoms with van der Waals surface area (Å²) in [6.07, 6.45) is 2.81. The normalized spacial score (nSPS) is 13.5. The molecule has 1 aliphatic rings. The second-order valence-corrected chi connectivity index (χ2v) is 4.84. The van der Waals surface area contributed by atoms with E-state index < -0.39 is 5.97 Å². The number of hydrogen-bond donors (Lipinski definition) is 1. The molecular formula is C15H16N2O2. The first-order chi connectivity index (χ1) is 9.25. The molecule has 19 heavy (non-hydrogen) atoms. The van der Waals surface area contributed by atoms with E-state index in [2.05, 4.69) is 21.7 Å². The van der Waals surface area contributed by atoms with E-state index in [1.807, 2.05) is 18.2 Å². The van der Waals surface area contributed by atoms with Crippen molar-refractivity contribution in [2.45, 2.75) is 32.2 Å². The fourth-order valence-corrected chi connectivity index (χ4v) is 2.70. The maximum atomic E-state index is 10.7. The molecule has 98 valence electrons. The summed E-state index contributed by atoms with van der Waals surface area (Å²) in [5.74, 6) is 0.144. The number of nitrogens with zero attached hydrogens (tertiary/aromatic N) is 2. The fourth-order valence-electron chi connectivity index (χ4n) is 2.70. The lowest BCUT2D eigenvalue weighted by Gasteiger charge is -2.01. The predicted octanol–water partition coefficient (Wildman–Crippen LogP) is 2.51. The Morgan fingerprint density at radius 3 is 2.84 bits per heavy atom. The zero-order valence-electron chi connectivity index (χ0n) is 10.7. The molecular weight excluding hydrogens is 240 g/mol.